The van der Waals surface area contributed by atoms with E-state index in [9.17, 15) is 5.26 Å². The molecular weight excluding hydrogens is 346 g/mol. The molecule has 1 unspecified atom stereocenters. The predicted octanol–water partition coefficient (Wildman–Crippen LogP) is 5.01. The summed E-state index contributed by atoms with van der Waals surface area (Å²) >= 11 is 0. The highest BCUT2D eigenvalue weighted by molar-refractivity contribution is 5.82. The Bertz CT molecular complexity index is 1120. The lowest BCUT2D eigenvalue weighted by Gasteiger charge is -2.25. The third-order valence-corrected chi connectivity index (χ3v) is 5.23. The van der Waals surface area contributed by atoms with Gasteiger partial charge in [-0.15, -0.1) is 0 Å². The Hall–Kier alpha value is -3.37. The zero-order valence-corrected chi connectivity index (χ0v) is 16.7. The molecule has 0 saturated heterocycles. The molecule has 4 nitrogen and oxygen atoms in total. The Kier molecular flexibility index (Phi) is 5.34. The van der Waals surface area contributed by atoms with Crippen molar-refractivity contribution in [3.63, 3.8) is 0 Å². The maximum atomic E-state index is 10.0. The van der Waals surface area contributed by atoms with Crippen LogP contribution in [0.2, 0.25) is 0 Å². The van der Waals surface area contributed by atoms with E-state index in [-0.39, 0.29) is 0 Å². The summed E-state index contributed by atoms with van der Waals surface area (Å²) in [6.45, 7) is 6.05. The second-order valence-corrected chi connectivity index (χ2v) is 7.30. The number of ether oxygens (including phenoxy) is 1. The minimum atomic E-state index is -0.731. The minimum Gasteiger partial charge on any atom is -0.481 e. The second kappa shape index (κ2) is 7.71. The van der Waals surface area contributed by atoms with E-state index in [1.165, 1.54) is 0 Å². The van der Waals surface area contributed by atoms with Crippen LogP contribution in [0.25, 0.3) is 10.9 Å². The van der Waals surface area contributed by atoms with E-state index in [0.29, 0.717) is 17.9 Å². The van der Waals surface area contributed by atoms with Crippen molar-refractivity contribution in [3.8, 4) is 18.0 Å². The Labute approximate surface area is 166 Å². The van der Waals surface area contributed by atoms with Crippen LogP contribution in [0.4, 0.5) is 0 Å². The van der Waals surface area contributed by atoms with Crippen LogP contribution in [-0.2, 0) is 18.3 Å². The lowest BCUT2D eigenvalue weighted by Crippen LogP contribution is -2.24. The van der Waals surface area contributed by atoms with Crippen molar-refractivity contribution in [1.82, 2.24) is 4.98 Å². The smallest absolute Gasteiger partial charge is 0.216 e. The topological polar surface area (TPSA) is 69.7 Å². The Balaban J connectivity index is 2.12. The lowest BCUT2D eigenvalue weighted by atomic mass is 9.76. The molecule has 0 saturated carbocycles. The number of hydrogen-bond donors (Lipinski definition) is 0. The molecule has 0 radical (unpaired) electrons. The van der Waals surface area contributed by atoms with E-state index in [1.54, 1.807) is 13.2 Å². The first-order chi connectivity index (χ1) is 13.4. The van der Waals surface area contributed by atoms with E-state index < -0.39 is 5.41 Å². The molecule has 3 aromatic rings. The van der Waals surface area contributed by atoms with Crippen LogP contribution in [0.1, 0.15) is 41.7 Å². The summed E-state index contributed by atoms with van der Waals surface area (Å²) in [7, 11) is 1.63. The number of aromatic nitrogens is 1. The fourth-order valence-electron chi connectivity index (χ4n) is 3.74. The van der Waals surface area contributed by atoms with E-state index in [1.807, 2.05) is 38.1 Å². The van der Waals surface area contributed by atoms with Gasteiger partial charge in [0.1, 0.15) is 0 Å². The molecule has 4 heteroatoms. The molecule has 0 amide bonds. The summed E-state index contributed by atoms with van der Waals surface area (Å²) in [6.07, 6.45) is 1.37. The molecule has 0 aliphatic rings. The van der Waals surface area contributed by atoms with Crippen molar-refractivity contribution in [2.45, 2.75) is 39.0 Å². The monoisotopic (exact) mass is 369 g/mol. The number of nitrogens with zero attached hydrogens (tertiary/aromatic N) is 3. The highest BCUT2D eigenvalue weighted by Gasteiger charge is 2.29. The molecule has 1 aromatic heterocycles. The third-order valence-electron chi connectivity index (χ3n) is 5.23. The van der Waals surface area contributed by atoms with Gasteiger partial charge in [0.25, 0.3) is 0 Å². The van der Waals surface area contributed by atoms with Crippen LogP contribution >= 0.6 is 0 Å². The first-order valence-corrected chi connectivity index (χ1v) is 9.33. The first kappa shape index (κ1) is 19.4. The summed E-state index contributed by atoms with van der Waals surface area (Å²) in [5.74, 6) is 0.630. The normalized spacial score (nSPS) is 12.8. The van der Waals surface area contributed by atoms with Gasteiger partial charge in [-0.1, -0.05) is 19.1 Å². The second-order valence-electron chi connectivity index (χ2n) is 7.30. The molecule has 0 fully saturated rings. The maximum Gasteiger partial charge on any atom is 0.216 e. The number of rotatable bonds is 5. The SMILES string of the molecule is CCc1cc2cc(C)c(C(C)(C#N)Cc3cccc(C#N)c3)cc2nc1OC. The molecule has 2 aromatic carbocycles. The number of hydrogen-bond acceptors (Lipinski definition) is 4. The zero-order chi connectivity index (χ0) is 20.3. The fourth-order valence-corrected chi connectivity index (χ4v) is 3.74. The number of benzene rings is 2. The molecule has 0 N–H and O–H groups in total. The molecule has 140 valence electrons. The lowest BCUT2D eigenvalue weighted by molar-refractivity contribution is 0.394. The van der Waals surface area contributed by atoms with Crippen LogP contribution in [0.3, 0.4) is 0 Å². The molecular formula is C24H23N3O. The number of aryl methyl sites for hydroxylation is 2. The Morgan fingerprint density at radius 2 is 1.93 bits per heavy atom. The van der Waals surface area contributed by atoms with Gasteiger partial charge in [-0.05, 0) is 73.7 Å². The average molecular weight is 369 g/mol. The average Bonchev–Trinajstić information content (AvgIpc) is 2.72. The first-order valence-electron chi connectivity index (χ1n) is 9.33. The van der Waals surface area contributed by atoms with E-state index >= 15 is 0 Å². The predicted molar refractivity (Wildman–Crippen MR) is 110 cm³/mol. The van der Waals surface area contributed by atoms with Crippen molar-refractivity contribution in [1.29, 1.82) is 10.5 Å². The van der Waals surface area contributed by atoms with Crippen molar-refractivity contribution >= 4 is 10.9 Å². The van der Waals surface area contributed by atoms with Crippen molar-refractivity contribution in [3.05, 3.63) is 70.3 Å². The fraction of sp³-hybridized carbons (Fsp3) is 0.292. The number of methoxy groups -OCH3 is 1. The van der Waals surface area contributed by atoms with Gasteiger partial charge in [0.15, 0.2) is 0 Å². The summed E-state index contributed by atoms with van der Waals surface area (Å²) in [6, 6.07) is 18.3. The van der Waals surface area contributed by atoms with E-state index in [0.717, 1.165) is 39.6 Å². The quantitative estimate of drug-likeness (QED) is 0.634. The van der Waals surface area contributed by atoms with Gasteiger partial charge in [0.05, 0.1) is 35.7 Å². The summed E-state index contributed by atoms with van der Waals surface area (Å²) < 4.78 is 5.44. The zero-order valence-electron chi connectivity index (χ0n) is 16.7. The van der Waals surface area contributed by atoms with Gasteiger partial charge < -0.3 is 4.74 Å². The van der Waals surface area contributed by atoms with Crippen molar-refractivity contribution in [2.24, 2.45) is 0 Å². The van der Waals surface area contributed by atoms with Gasteiger partial charge in [-0.2, -0.15) is 10.5 Å². The Morgan fingerprint density at radius 1 is 1.14 bits per heavy atom. The van der Waals surface area contributed by atoms with E-state index in [2.05, 4.69) is 36.2 Å². The summed E-state index contributed by atoms with van der Waals surface area (Å²) in [5.41, 5.74) is 4.73. The molecule has 28 heavy (non-hydrogen) atoms. The third kappa shape index (κ3) is 3.55. The standard InChI is InChI=1S/C24H23N3O/c1-5-19-11-20-9-16(2)21(12-22(20)27-23(19)28-4)24(3,15-26)13-17-7-6-8-18(10-17)14-25/h6-12H,5,13H2,1-4H3. The van der Waals surface area contributed by atoms with Crippen LogP contribution in [0.15, 0.2) is 42.5 Å². The van der Waals surface area contributed by atoms with Gasteiger partial charge in [-0.3, -0.25) is 0 Å². The molecule has 0 aliphatic carbocycles. The van der Waals surface area contributed by atoms with Crippen LogP contribution in [0.5, 0.6) is 5.88 Å². The summed E-state index contributed by atoms with van der Waals surface area (Å²) in [4.78, 5) is 4.67. The van der Waals surface area contributed by atoms with Crippen LogP contribution in [0, 0.1) is 29.6 Å². The molecule has 1 atom stereocenters. The molecule has 0 spiro atoms. The number of nitriles is 2. The van der Waals surface area contributed by atoms with Gasteiger partial charge in [0.2, 0.25) is 5.88 Å². The Morgan fingerprint density at radius 3 is 2.57 bits per heavy atom. The molecule has 0 aliphatic heterocycles. The van der Waals surface area contributed by atoms with Gasteiger partial charge in [0, 0.05) is 10.9 Å². The minimum absolute atomic E-state index is 0.523. The van der Waals surface area contributed by atoms with Crippen molar-refractivity contribution in [2.75, 3.05) is 7.11 Å². The molecule has 0 bridgehead atoms. The van der Waals surface area contributed by atoms with Crippen LogP contribution in [-0.4, -0.2) is 12.1 Å². The largest absolute Gasteiger partial charge is 0.481 e. The van der Waals surface area contributed by atoms with E-state index in [4.69, 9.17) is 10.00 Å². The van der Waals surface area contributed by atoms with Gasteiger partial charge >= 0.3 is 0 Å². The van der Waals surface area contributed by atoms with Gasteiger partial charge in [-0.25, -0.2) is 4.98 Å². The number of fused-ring (bicyclic) bond motifs is 1. The number of pyridine rings is 1. The summed E-state index contributed by atoms with van der Waals surface area (Å²) in [5, 5.41) is 20.2. The highest BCUT2D eigenvalue weighted by atomic mass is 16.5. The highest BCUT2D eigenvalue weighted by Crippen LogP contribution is 2.34. The van der Waals surface area contributed by atoms with Crippen molar-refractivity contribution < 1.29 is 4.74 Å². The van der Waals surface area contributed by atoms with Crippen LogP contribution < -0.4 is 4.74 Å². The molecule has 3 rings (SSSR count). The maximum absolute atomic E-state index is 10.0. The molecule has 1 heterocycles.